The van der Waals surface area contributed by atoms with Crippen LogP contribution in [0.1, 0.15) is 21.5 Å². The van der Waals surface area contributed by atoms with Gasteiger partial charge in [0.25, 0.3) is 0 Å². The van der Waals surface area contributed by atoms with Crippen LogP contribution in [0, 0.1) is 13.8 Å². The second-order valence-corrected chi connectivity index (χ2v) is 4.07. The van der Waals surface area contributed by atoms with Crippen LogP contribution in [-0.4, -0.2) is 16.1 Å². The van der Waals surface area contributed by atoms with Gasteiger partial charge in [0.15, 0.2) is 0 Å². The Hall–Kier alpha value is -2.36. The van der Waals surface area contributed by atoms with Gasteiger partial charge in [-0.1, -0.05) is 12.1 Å². The molecule has 0 radical (unpaired) electrons. The van der Waals surface area contributed by atoms with Crippen molar-refractivity contribution in [3.8, 4) is 11.6 Å². The Morgan fingerprint density at radius 3 is 2.67 bits per heavy atom. The van der Waals surface area contributed by atoms with Crippen LogP contribution in [0.4, 0.5) is 0 Å². The number of aromatic carboxylic acids is 1. The molecule has 0 aliphatic rings. The highest BCUT2D eigenvalue weighted by Crippen LogP contribution is 2.23. The number of pyridine rings is 1. The number of ether oxygens (including phenoxy) is 1. The number of hydrogen-bond donors (Lipinski definition) is 1. The van der Waals surface area contributed by atoms with E-state index in [1.165, 1.54) is 6.20 Å². The molecule has 1 heterocycles. The van der Waals surface area contributed by atoms with Gasteiger partial charge >= 0.3 is 5.97 Å². The van der Waals surface area contributed by atoms with Crippen molar-refractivity contribution in [1.82, 2.24) is 4.98 Å². The van der Waals surface area contributed by atoms with Crippen LogP contribution < -0.4 is 4.74 Å². The minimum atomic E-state index is -0.993. The Bertz CT molecular complexity index is 593. The van der Waals surface area contributed by atoms with E-state index in [-0.39, 0.29) is 5.56 Å². The number of carbonyl (C=O) groups is 1. The predicted molar refractivity (Wildman–Crippen MR) is 67.2 cm³/mol. The number of nitrogens with zero attached hydrogens (tertiary/aromatic N) is 1. The Morgan fingerprint density at radius 1 is 1.28 bits per heavy atom. The molecule has 0 bridgehead atoms. The lowest BCUT2D eigenvalue weighted by Crippen LogP contribution is -2.00. The van der Waals surface area contributed by atoms with Gasteiger partial charge in [0.1, 0.15) is 5.75 Å². The van der Waals surface area contributed by atoms with E-state index in [0.29, 0.717) is 17.2 Å². The van der Waals surface area contributed by atoms with Gasteiger partial charge in [0.2, 0.25) is 5.88 Å². The first kappa shape index (κ1) is 12.1. The summed E-state index contributed by atoms with van der Waals surface area (Å²) in [6.45, 7) is 3.74. The lowest BCUT2D eigenvalue weighted by atomic mass is 10.2. The molecule has 0 amide bonds. The molecule has 4 nitrogen and oxygen atoms in total. The molecule has 1 aromatic heterocycles. The minimum Gasteiger partial charge on any atom is -0.478 e. The number of hydrogen-bond acceptors (Lipinski definition) is 3. The maximum Gasteiger partial charge on any atom is 0.337 e. The van der Waals surface area contributed by atoms with Crippen molar-refractivity contribution >= 4 is 5.97 Å². The summed E-state index contributed by atoms with van der Waals surface area (Å²) in [7, 11) is 0. The fraction of sp³-hybridized carbons (Fsp3) is 0.143. The first-order valence-electron chi connectivity index (χ1n) is 5.51. The minimum absolute atomic E-state index is 0.157. The highest BCUT2D eigenvalue weighted by molar-refractivity contribution is 5.87. The Balaban J connectivity index is 2.27. The molecule has 0 aliphatic heterocycles. The van der Waals surface area contributed by atoms with E-state index >= 15 is 0 Å². The van der Waals surface area contributed by atoms with Crippen molar-refractivity contribution in [2.45, 2.75) is 13.8 Å². The molecule has 0 unspecified atom stereocenters. The van der Waals surface area contributed by atoms with Gasteiger partial charge in [-0.05, 0) is 37.6 Å². The summed E-state index contributed by atoms with van der Waals surface area (Å²) in [5.41, 5.74) is 1.94. The number of benzene rings is 1. The molecule has 0 saturated heterocycles. The summed E-state index contributed by atoms with van der Waals surface area (Å²) >= 11 is 0. The van der Waals surface area contributed by atoms with Crippen molar-refractivity contribution in [3.05, 3.63) is 53.2 Å². The van der Waals surface area contributed by atoms with Crippen molar-refractivity contribution < 1.29 is 14.6 Å². The Morgan fingerprint density at radius 2 is 2.06 bits per heavy atom. The SMILES string of the molecule is Cc1cccc(Oc2ncc(C(=O)O)cc2C)c1. The summed E-state index contributed by atoms with van der Waals surface area (Å²) < 4.78 is 5.62. The van der Waals surface area contributed by atoms with Crippen LogP contribution in [0.25, 0.3) is 0 Å². The zero-order valence-electron chi connectivity index (χ0n) is 10.2. The summed E-state index contributed by atoms with van der Waals surface area (Å²) in [6.07, 6.45) is 1.29. The lowest BCUT2D eigenvalue weighted by molar-refractivity contribution is 0.0696. The summed E-state index contributed by atoms with van der Waals surface area (Å²) in [5, 5.41) is 8.85. The molecule has 1 N–H and O–H groups in total. The van der Waals surface area contributed by atoms with E-state index in [4.69, 9.17) is 9.84 Å². The fourth-order valence-corrected chi connectivity index (χ4v) is 1.58. The molecular formula is C14H13NO3. The molecule has 2 rings (SSSR count). The molecule has 4 heteroatoms. The third kappa shape index (κ3) is 2.66. The number of carboxylic acid groups (broad SMARTS) is 1. The molecular weight excluding hydrogens is 230 g/mol. The molecule has 0 saturated carbocycles. The fourth-order valence-electron chi connectivity index (χ4n) is 1.58. The molecule has 2 aromatic rings. The number of rotatable bonds is 3. The number of aryl methyl sites for hydroxylation is 2. The van der Waals surface area contributed by atoms with Crippen LogP contribution in [0.3, 0.4) is 0 Å². The van der Waals surface area contributed by atoms with Crippen molar-refractivity contribution in [2.24, 2.45) is 0 Å². The zero-order valence-corrected chi connectivity index (χ0v) is 10.2. The van der Waals surface area contributed by atoms with E-state index in [2.05, 4.69) is 4.98 Å². The topological polar surface area (TPSA) is 59.4 Å². The average molecular weight is 243 g/mol. The summed E-state index contributed by atoms with van der Waals surface area (Å²) in [5.74, 6) is 0.118. The standard InChI is InChI=1S/C14H13NO3/c1-9-4-3-5-12(6-9)18-13-10(2)7-11(8-15-13)14(16)17/h3-8H,1-2H3,(H,16,17). The van der Waals surface area contributed by atoms with Gasteiger partial charge in [0.05, 0.1) is 5.56 Å². The third-order valence-corrected chi connectivity index (χ3v) is 2.48. The molecule has 0 fully saturated rings. The van der Waals surface area contributed by atoms with Gasteiger partial charge in [-0.15, -0.1) is 0 Å². The van der Waals surface area contributed by atoms with Crippen molar-refractivity contribution in [2.75, 3.05) is 0 Å². The molecule has 0 spiro atoms. The van der Waals surface area contributed by atoms with Gasteiger partial charge in [-0.25, -0.2) is 9.78 Å². The molecule has 0 atom stereocenters. The van der Waals surface area contributed by atoms with Gasteiger partial charge in [-0.3, -0.25) is 0 Å². The number of carboxylic acids is 1. The highest BCUT2D eigenvalue weighted by atomic mass is 16.5. The van der Waals surface area contributed by atoms with Crippen LogP contribution >= 0.6 is 0 Å². The van der Waals surface area contributed by atoms with E-state index in [1.54, 1.807) is 13.0 Å². The molecule has 92 valence electrons. The van der Waals surface area contributed by atoms with Crippen molar-refractivity contribution in [1.29, 1.82) is 0 Å². The van der Waals surface area contributed by atoms with Gasteiger partial charge in [0, 0.05) is 11.8 Å². The second-order valence-electron chi connectivity index (χ2n) is 4.07. The molecule has 18 heavy (non-hydrogen) atoms. The maximum absolute atomic E-state index is 10.8. The predicted octanol–water partition coefficient (Wildman–Crippen LogP) is 3.19. The van der Waals surface area contributed by atoms with Gasteiger partial charge < -0.3 is 9.84 Å². The first-order valence-corrected chi connectivity index (χ1v) is 5.51. The van der Waals surface area contributed by atoms with E-state index in [0.717, 1.165) is 5.56 Å². The van der Waals surface area contributed by atoms with E-state index < -0.39 is 5.97 Å². The quantitative estimate of drug-likeness (QED) is 0.899. The zero-order chi connectivity index (χ0) is 13.1. The van der Waals surface area contributed by atoms with Crippen LogP contribution in [0.15, 0.2) is 36.5 Å². The van der Waals surface area contributed by atoms with Crippen molar-refractivity contribution in [3.63, 3.8) is 0 Å². The molecule has 1 aromatic carbocycles. The van der Waals surface area contributed by atoms with Crippen LogP contribution in [0.5, 0.6) is 11.6 Å². The first-order chi connectivity index (χ1) is 8.56. The van der Waals surface area contributed by atoms with Crippen LogP contribution in [0.2, 0.25) is 0 Å². The third-order valence-electron chi connectivity index (χ3n) is 2.48. The monoisotopic (exact) mass is 243 g/mol. The molecule has 0 aliphatic carbocycles. The number of aromatic nitrogens is 1. The largest absolute Gasteiger partial charge is 0.478 e. The Kier molecular flexibility index (Phi) is 3.28. The summed E-state index contributed by atoms with van der Waals surface area (Å²) in [6, 6.07) is 9.14. The normalized spacial score (nSPS) is 10.1. The van der Waals surface area contributed by atoms with E-state index in [1.807, 2.05) is 31.2 Å². The Labute approximate surface area is 105 Å². The second kappa shape index (κ2) is 4.87. The van der Waals surface area contributed by atoms with Crippen LogP contribution in [-0.2, 0) is 0 Å². The smallest absolute Gasteiger partial charge is 0.337 e. The average Bonchev–Trinajstić information content (AvgIpc) is 2.31. The van der Waals surface area contributed by atoms with Gasteiger partial charge in [-0.2, -0.15) is 0 Å². The lowest BCUT2D eigenvalue weighted by Gasteiger charge is -2.08. The highest BCUT2D eigenvalue weighted by Gasteiger charge is 2.08. The van der Waals surface area contributed by atoms with E-state index in [9.17, 15) is 4.79 Å². The summed E-state index contributed by atoms with van der Waals surface area (Å²) in [4.78, 5) is 14.8. The maximum atomic E-state index is 10.8.